The van der Waals surface area contributed by atoms with Crippen LogP contribution in [0.25, 0.3) is 0 Å². The minimum Gasteiger partial charge on any atom is -0.396 e. The molecule has 4 atom stereocenters. The Labute approximate surface area is 90.6 Å². The van der Waals surface area contributed by atoms with Gasteiger partial charge < -0.3 is 10.2 Å². The number of hydrogen-bond acceptors (Lipinski definition) is 2. The van der Waals surface area contributed by atoms with Crippen molar-refractivity contribution in [2.45, 2.75) is 19.4 Å². The van der Waals surface area contributed by atoms with Crippen molar-refractivity contribution in [1.29, 1.82) is 0 Å². The van der Waals surface area contributed by atoms with Crippen LogP contribution >= 0.6 is 0 Å². The van der Waals surface area contributed by atoms with Crippen molar-refractivity contribution in [3.63, 3.8) is 0 Å². The van der Waals surface area contributed by atoms with Gasteiger partial charge in [-0.25, -0.2) is 0 Å². The molecule has 1 saturated carbocycles. The van der Waals surface area contributed by atoms with E-state index in [0.29, 0.717) is 17.8 Å². The van der Waals surface area contributed by atoms with Crippen LogP contribution in [0.2, 0.25) is 0 Å². The monoisotopic (exact) mass is 206 g/mol. The van der Waals surface area contributed by atoms with E-state index >= 15 is 0 Å². The van der Waals surface area contributed by atoms with E-state index in [-0.39, 0.29) is 12.7 Å². The van der Waals surface area contributed by atoms with Gasteiger partial charge in [-0.05, 0) is 29.7 Å². The van der Waals surface area contributed by atoms with Crippen LogP contribution in [0.3, 0.4) is 0 Å². The Hall–Kier alpha value is -0.860. The van der Waals surface area contributed by atoms with Gasteiger partial charge in [-0.15, -0.1) is 0 Å². The lowest BCUT2D eigenvalue weighted by Crippen LogP contribution is -2.08. The molecule has 2 rings (SSSR count). The third-order valence-corrected chi connectivity index (χ3v) is 3.46. The van der Waals surface area contributed by atoms with Crippen molar-refractivity contribution in [3.05, 3.63) is 35.9 Å². The summed E-state index contributed by atoms with van der Waals surface area (Å²) in [4.78, 5) is 0. The summed E-state index contributed by atoms with van der Waals surface area (Å²) in [6, 6.07) is 9.78. The van der Waals surface area contributed by atoms with Gasteiger partial charge in [0.1, 0.15) is 0 Å². The Morgan fingerprint density at radius 1 is 1.27 bits per heavy atom. The molecule has 1 aliphatic rings. The standard InChI is InChI=1S/C13H18O2/c1-9(8-14)11-7-12(11)13(15)10-5-3-2-4-6-10/h2-6,9,11-15H,7-8H2,1H3/t9-,11-,12-,13+/m1/s1. The van der Waals surface area contributed by atoms with Crippen LogP contribution in [0.1, 0.15) is 25.0 Å². The first kappa shape index (κ1) is 10.7. The van der Waals surface area contributed by atoms with E-state index in [9.17, 15) is 5.11 Å². The molecule has 1 aliphatic carbocycles. The maximum Gasteiger partial charge on any atom is 0.0821 e. The number of benzene rings is 1. The van der Waals surface area contributed by atoms with E-state index in [0.717, 1.165) is 12.0 Å². The summed E-state index contributed by atoms with van der Waals surface area (Å²) in [5, 5.41) is 19.1. The fourth-order valence-electron chi connectivity index (χ4n) is 2.29. The van der Waals surface area contributed by atoms with Gasteiger partial charge in [0.15, 0.2) is 0 Å². The lowest BCUT2D eigenvalue weighted by molar-refractivity contribution is 0.133. The van der Waals surface area contributed by atoms with Gasteiger partial charge in [0.2, 0.25) is 0 Å². The maximum atomic E-state index is 10.1. The summed E-state index contributed by atoms with van der Waals surface area (Å²) >= 11 is 0. The average molecular weight is 206 g/mol. The second kappa shape index (κ2) is 4.33. The van der Waals surface area contributed by atoms with Crippen LogP contribution in [0, 0.1) is 17.8 Å². The Morgan fingerprint density at radius 3 is 2.53 bits per heavy atom. The lowest BCUT2D eigenvalue weighted by Gasteiger charge is -2.12. The molecule has 0 aliphatic heterocycles. The number of aliphatic hydroxyl groups is 2. The molecular weight excluding hydrogens is 188 g/mol. The molecule has 0 heterocycles. The first-order valence-electron chi connectivity index (χ1n) is 5.58. The molecule has 2 nitrogen and oxygen atoms in total. The van der Waals surface area contributed by atoms with Gasteiger partial charge in [-0.1, -0.05) is 37.3 Å². The molecule has 82 valence electrons. The van der Waals surface area contributed by atoms with E-state index in [4.69, 9.17) is 5.11 Å². The Bertz CT molecular complexity index is 310. The van der Waals surface area contributed by atoms with Crippen LogP contribution in [0.4, 0.5) is 0 Å². The van der Waals surface area contributed by atoms with Crippen molar-refractivity contribution < 1.29 is 10.2 Å². The minimum atomic E-state index is -0.356. The number of rotatable bonds is 4. The predicted molar refractivity (Wildman–Crippen MR) is 59.2 cm³/mol. The maximum absolute atomic E-state index is 10.1. The molecule has 1 aromatic rings. The van der Waals surface area contributed by atoms with Crippen LogP contribution < -0.4 is 0 Å². The largest absolute Gasteiger partial charge is 0.396 e. The van der Waals surface area contributed by atoms with Gasteiger partial charge in [0.05, 0.1) is 6.10 Å². The SMILES string of the molecule is C[C@H](CO)[C@H]1C[C@H]1[C@@H](O)c1ccccc1. The number of hydrogen-bond donors (Lipinski definition) is 2. The Morgan fingerprint density at radius 2 is 1.93 bits per heavy atom. The summed E-state index contributed by atoms with van der Waals surface area (Å²) in [5.74, 6) is 1.15. The zero-order valence-electron chi connectivity index (χ0n) is 9.00. The quantitative estimate of drug-likeness (QED) is 0.791. The van der Waals surface area contributed by atoms with Gasteiger partial charge in [-0.3, -0.25) is 0 Å². The third kappa shape index (κ3) is 2.21. The fraction of sp³-hybridized carbons (Fsp3) is 0.538. The Kier molecular flexibility index (Phi) is 3.08. The molecule has 0 unspecified atom stereocenters. The van der Waals surface area contributed by atoms with Crippen molar-refractivity contribution in [2.75, 3.05) is 6.61 Å². The fourth-order valence-corrected chi connectivity index (χ4v) is 2.29. The van der Waals surface area contributed by atoms with Crippen LogP contribution in [0.5, 0.6) is 0 Å². The van der Waals surface area contributed by atoms with Crippen LogP contribution in [-0.2, 0) is 0 Å². The van der Waals surface area contributed by atoms with Crippen LogP contribution in [0.15, 0.2) is 30.3 Å². The molecule has 15 heavy (non-hydrogen) atoms. The molecule has 2 heteroatoms. The van der Waals surface area contributed by atoms with Crippen molar-refractivity contribution in [3.8, 4) is 0 Å². The summed E-state index contributed by atoms with van der Waals surface area (Å²) in [7, 11) is 0. The molecular formula is C13H18O2. The highest BCUT2D eigenvalue weighted by Gasteiger charge is 2.45. The van der Waals surface area contributed by atoms with Gasteiger partial charge >= 0.3 is 0 Å². The molecule has 1 aromatic carbocycles. The molecule has 0 spiro atoms. The molecule has 2 N–H and O–H groups in total. The lowest BCUT2D eigenvalue weighted by atomic mass is 9.99. The zero-order chi connectivity index (χ0) is 10.8. The first-order chi connectivity index (χ1) is 7.24. The summed E-state index contributed by atoms with van der Waals surface area (Å²) in [6.07, 6.45) is 0.683. The summed E-state index contributed by atoms with van der Waals surface area (Å²) < 4.78 is 0. The summed E-state index contributed by atoms with van der Waals surface area (Å²) in [6.45, 7) is 2.27. The highest BCUT2D eigenvalue weighted by molar-refractivity contribution is 5.20. The molecule has 0 saturated heterocycles. The second-order valence-corrected chi connectivity index (χ2v) is 4.58. The molecule has 1 fully saturated rings. The van der Waals surface area contributed by atoms with E-state index in [1.54, 1.807) is 0 Å². The molecule has 0 aromatic heterocycles. The molecule has 0 amide bonds. The van der Waals surface area contributed by atoms with E-state index in [1.165, 1.54) is 0 Å². The van der Waals surface area contributed by atoms with Gasteiger partial charge in [0.25, 0.3) is 0 Å². The van der Waals surface area contributed by atoms with Crippen molar-refractivity contribution in [1.82, 2.24) is 0 Å². The van der Waals surface area contributed by atoms with Crippen molar-refractivity contribution >= 4 is 0 Å². The van der Waals surface area contributed by atoms with E-state index < -0.39 is 0 Å². The van der Waals surface area contributed by atoms with Crippen molar-refractivity contribution in [2.24, 2.45) is 17.8 Å². The highest BCUT2D eigenvalue weighted by atomic mass is 16.3. The van der Waals surface area contributed by atoms with E-state index in [2.05, 4.69) is 0 Å². The number of aliphatic hydroxyl groups excluding tert-OH is 2. The topological polar surface area (TPSA) is 40.5 Å². The second-order valence-electron chi connectivity index (χ2n) is 4.58. The highest BCUT2D eigenvalue weighted by Crippen LogP contribution is 2.51. The third-order valence-electron chi connectivity index (χ3n) is 3.46. The Balaban J connectivity index is 1.97. The minimum absolute atomic E-state index is 0.225. The van der Waals surface area contributed by atoms with Gasteiger partial charge in [-0.2, -0.15) is 0 Å². The first-order valence-corrected chi connectivity index (χ1v) is 5.58. The summed E-state index contributed by atoms with van der Waals surface area (Å²) in [5.41, 5.74) is 0.995. The predicted octanol–water partition coefficient (Wildman–Crippen LogP) is 1.98. The van der Waals surface area contributed by atoms with Gasteiger partial charge in [0, 0.05) is 6.61 Å². The van der Waals surface area contributed by atoms with Crippen LogP contribution in [-0.4, -0.2) is 16.8 Å². The molecule has 0 bridgehead atoms. The molecule has 0 radical (unpaired) electrons. The van der Waals surface area contributed by atoms with E-state index in [1.807, 2.05) is 37.3 Å². The smallest absolute Gasteiger partial charge is 0.0821 e. The normalized spacial score (nSPS) is 28.5. The zero-order valence-corrected chi connectivity index (χ0v) is 9.00. The average Bonchev–Trinajstić information content (AvgIpc) is 3.08.